The van der Waals surface area contributed by atoms with Crippen molar-refractivity contribution >= 4 is 23.6 Å². The fourth-order valence-electron chi connectivity index (χ4n) is 2.92. The number of rotatable bonds is 7. The van der Waals surface area contributed by atoms with Crippen molar-refractivity contribution in [3.05, 3.63) is 35.6 Å². The molecule has 146 valence electrons. The van der Waals surface area contributed by atoms with E-state index in [0.29, 0.717) is 31.5 Å². The van der Waals surface area contributed by atoms with Crippen molar-refractivity contribution in [1.82, 2.24) is 19.7 Å². The Kier molecular flexibility index (Phi) is 6.68. The van der Waals surface area contributed by atoms with Gasteiger partial charge in [0.15, 0.2) is 5.16 Å². The van der Waals surface area contributed by atoms with E-state index in [-0.39, 0.29) is 17.5 Å². The van der Waals surface area contributed by atoms with Crippen molar-refractivity contribution in [2.24, 2.45) is 7.05 Å². The average Bonchev–Trinajstić information content (AvgIpc) is 3.05. The molecule has 1 aliphatic rings. The van der Waals surface area contributed by atoms with E-state index in [1.807, 2.05) is 24.6 Å². The Morgan fingerprint density at radius 3 is 2.81 bits per heavy atom. The summed E-state index contributed by atoms with van der Waals surface area (Å²) in [5.41, 5.74) is 0.781. The number of carbonyl (C=O) groups is 1. The van der Waals surface area contributed by atoms with Gasteiger partial charge < -0.3 is 14.5 Å². The molecule has 2 heterocycles. The summed E-state index contributed by atoms with van der Waals surface area (Å²) in [6, 6.07) is 6.34. The van der Waals surface area contributed by atoms with E-state index in [2.05, 4.69) is 15.1 Å². The first-order chi connectivity index (χ1) is 13.1. The summed E-state index contributed by atoms with van der Waals surface area (Å²) in [6.45, 7) is 5.80. The number of morpholine rings is 1. The van der Waals surface area contributed by atoms with Gasteiger partial charge in [0.2, 0.25) is 11.9 Å². The fraction of sp³-hybridized carbons (Fsp3) is 0.500. The van der Waals surface area contributed by atoms with Crippen LogP contribution in [0.3, 0.4) is 0 Å². The molecule has 1 aromatic carbocycles. The Morgan fingerprint density at radius 2 is 2.11 bits per heavy atom. The average molecular weight is 393 g/mol. The molecule has 3 rings (SSSR count). The molecule has 1 aromatic heterocycles. The second-order valence-corrected chi connectivity index (χ2v) is 7.21. The standard InChI is InChI=1S/C18H24FN5O2S/c1-3-23(12-14-5-4-6-15(19)11-14)16(25)13-27-18-21-20-17(22(18)2)24-7-9-26-10-8-24/h4-6,11H,3,7-10,12-13H2,1-2H3. The van der Waals surface area contributed by atoms with Gasteiger partial charge in [-0.05, 0) is 24.6 Å². The summed E-state index contributed by atoms with van der Waals surface area (Å²) in [5, 5.41) is 9.17. The lowest BCUT2D eigenvalue weighted by atomic mass is 10.2. The zero-order valence-electron chi connectivity index (χ0n) is 15.6. The minimum absolute atomic E-state index is 0.0114. The maximum Gasteiger partial charge on any atom is 0.233 e. The van der Waals surface area contributed by atoms with E-state index in [1.54, 1.807) is 11.0 Å². The second kappa shape index (κ2) is 9.18. The monoisotopic (exact) mass is 393 g/mol. The molecule has 0 saturated carbocycles. The van der Waals surface area contributed by atoms with Gasteiger partial charge >= 0.3 is 0 Å². The van der Waals surface area contributed by atoms with Crippen LogP contribution in [-0.4, -0.2) is 64.2 Å². The molecular weight excluding hydrogens is 369 g/mol. The van der Waals surface area contributed by atoms with Gasteiger partial charge in [0.25, 0.3) is 0 Å². The number of hydrogen-bond donors (Lipinski definition) is 0. The van der Waals surface area contributed by atoms with Gasteiger partial charge in [0.05, 0.1) is 19.0 Å². The van der Waals surface area contributed by atoms with Crippen LogP contribution in [0.1, 0.15) is 12.5 Å². The molecule has 1 fully saturated rings. The number of hydrogen-bond acceptors (Lipinski definition) is 6. The van der Waals surface area contributed by atoms with Crippen molar-refractivity contribution in [2.75, 3.05) is 43.5 Å². The van der Waals surface area contributed by atoms with Crippen LogP contribution in [-0.2, 0) is 23.1 Å². The molecule has 0 aliphatic carbocycles. The van der Waals surface area contributed by atoms with Gasteiger partial charge in [-0.15, -0.1) is 10.2 Å². The second-order valence-electron chi connectivity index (χ2n) is 6.27. The first-order valence-electron chi connectivity index (χ1n) is 8.95. The zero-order chi connectivity index (χ0) is 19.2. The normalized spacial score (nSPS) is 14.4. The lowest BCUT2D eigenvalue weighted by Crippen LogP contribution is -2.37. The van der Waals surface area contributed by atoms with Crippen LogP contribution in [0.15, 0.2) is 29.4 Å². The third-order valence-electron chi connectivity index (χ3n) is 4.43. The summed E-state index contributed by atoms with van der Waals surface area (Å²) in [5.74, 6) is 0.751. The summed E-state index contributed by atoms with van der Waals surface area (Å²) in [7, 11) is 1.90. The van der Waals surface area contributed by atoms with E-state index in [4.69, 9.17) is 4.74 Å². The van der Waals surface area contributed by atoms with Gasteiger partial charge in [0.1, 0.15) is 5.82 Å². The fourth-order valence-corrected chi connectivity index (χ4v) is 3.73. The number of amides is 1. The highest BCUT2D eigenvalue weighted by molar-refractivity contribution is 7.99. The molecule has 0 radical (unpaired) electrons. The lowest BCUT2D eigenvalue weighted by molar-refractivity contribution is -0.128. The first-order valence-corrected chi connectivity index (χ1v) is 9.94. The Hall–Kier alpha value is -2.13. The summed E-state index contributed by atoms with van der Waals surface area (Å²) in [4.78, 5) is 16.4. The number of thioether (sulfide) groups is 1. The molecule has 9 heteroatoms. The van der Waals surface area contributed by atoms with Crippen LogP contribution in [0, 0.1) is 5.82 Å². The van der Waals surface area contributed by atoms with E-state index < -0.39 is 0 Å². The molecule has 1 aliphatic heterocycles. The molecule has 2 aromatic rings. The number of carbonyl (C=O) groups excluding carboxylic acids is 1. The molecule has 27 heavy (non-hydrogen) atoms. The number of aromatic nitrogens is 3. The number of halogens is 1. The maximum absolute atomic E-state index is 13.4. The van der Waals surface area contributed by atoms with Crippen molar-refractivity contribution < 1.29 is 13.9 Å². The highest BCUT2D eigenvalue weighted by Gasteiger charge is 2.20. The summed E-state index contributed by atoms with van der Waals surface area (Å²) < 4.78 is 20.6. The van der Waals surface area contributed by atoms with E-state index in [1.165, 1.54) is 23.9 Å². The molecule has 1 amide bonds. The Labute approximate surface area is 162 Å². The Balaban J connectivity index is 1.58. The number of benzene rings is 1. The molecular formula is C18H24FN5O2S. The third kappa shape index (κ3) is 4.98. The maximum atomic E-state index is 13.4. The largest absolute Gasteiger partial charge is 0.378 e. The molecule has 0 N–H and O–H groups in total. The van der Waals surface area contributed by atoms with Crippen LogP contribution in [0.4, 0.5) is 10.3 Å². The molecule has 0 unspecified atom stereocenters. The number of nitrogens with zero attached hydrogens (tertiary/aromatic N) is 5. The summed E-state index contributed by atoms with van der Waals surface area (Å²) in [6.07, 6.45) is 0. The van der Waals surface area contributed by atoms with Gasteiger partial charge in [-0.25, -0.2) is 4.39 Å². The SMILES string of the molecule is CCN(Cc1cccc(F)c1)C(=O)CSc1nnc(N2CCOCC2)n1C. The van der Waals surface area contributed by atoms with Gasteiger partial charge in [0, 0.05) is 33.2 Å². The molecule has 0 atom stereocenters. The minimum Gasteiger partial charge on any atom is -0.378 e. The quantitative estimate of drug-likeness (QED) is 0.670. The predicted octanol–water partition coefficient (Wildman–Crippen LogP) is 1.93. The lowest BCUT2D eigenvalue weighted by Gasteiger charge is -2.27. The van der Waals surface area contributed by atoms with Crippen LogP contribution < -0.4 is 4.90 Å². The number of anilines is 1. The number of ether oxygens (including phenoxy) is 1. The van der Waals surface area contributed by atoms with Crippen LogP contribution in [0.25, 0.3) is 0 Å². The van der Waals surface area contributed by atoms with Gasteiger partial charge in [-0.1, -0.05) is 23.9 Å². The Morgan fingerprint density at radius 1 is 1.33 bits per heavy atom. The van der Waals surface area contributed by atoms with Gasteiger partial charge in [-0.2, -0.15) is 0 Å². The van der Waals surface area contributed by atoms with Crippen LogP contribution in [0.2, 0.25) is 0 Å². The summed E-state index contributed by atoms with van der Waals surface area (Å²) >= 11 is 1.36. The zero-order valence-corrected chi connectivity index (χ0v) is 16.4. The van der Waals surface area contributed by atoms with Crippen molar-refractivity contribution in [2.45, 2.75) is 18.6 Å². The van der Waals surface area contributed by atoms with E-state index in [9.17, 15) is 9.18 Å². The van der Waals surface area contributed by atoms with E-state index >= 15 is 0 Å². The molecule has 0 spiro atoms. The molecule has 1 saturated heterocycles. The smallest absolute Gasteiger partial charge is 0.233 e. The van der Waals surface area contributed by atoms with Crippen LogP contribution >= 0.6 is 11.8 Å². The van der Waals surface area contributed by atoms with Gasteiger partial charge in [-0.3, -0.25) is 9.36 Å². The first kappa shape index (κ1) is 19.6. The highest BCUT2D eigenvalue weighted by Crippen LogP contribution is 2.21. The minimum atomic E-state index is -0.292. The molecule has 0 bridgehead atoms. The topological polar surface area (TPSA) is 63.5 Å². The van der Waals surface area contributed by atoms with Crippen molar-refractivity contribution in [3.63, 3.8) is 0 Å². The Bertz CT molecular complexity index is 779. The third-order valence-corrected chi connectivity index (χ3v) is 5.43. The van der Waals surface area contributed by atoms with Crippen molar-refractivity contribution in [3.8, 4) is 0 Å². The predicted molar refractivity (Wildman–Crippen MR) is 102 cm³/mol. The highest BCUT2D eigenvalue weighted by atomic mass is 32.2. The van der Waals surface area contributed by atoms with Crippen LogP contribution in [0.5, 0.6) is 0 Å². The van der Waals surface area contributed by atoms with Crippen molar-refractivity contribution in [1.29, 1.82) is 0 Å². The molecule has 7 nitrogen and oxygen atoms in total. The van der Waals surface area contributed by atoms with E-state index in [0.717, 1.165) is 24.6 Å².